The van der Waals surface area contributed by atoms with Gasteiger partial charge in [-0.25, -0.2) is 4.79 Å². The zero-order valence-corrected chi connectivity index (χ0v) is 16.5. The molecule has 1 aliphatic heterocycles. The molecule has 4 rings (SSSR count). The van der Waals surface area contributed by atoms with Crippen molar-refractivity contribution in [2.75, 3.05) is 19.0 Å². The molecule has 2 N–H and O–H groups in total. The highest BCUT2D eigenvalue weighted by molar-refractivity contribution is 5.89. The zero-order chi connectivity index (χ0) is 19.3. The molecule has 0 atom stereocenters. The number of hydrogen-bond donors (Lipinski definition) is 2. The van der Waals surface area contributed by atoms with Crippen molar-refractivity contribution < 1.29 is 9.53 Å². The third-order valence-electron chi connectivity index (χ3n) is 5.73. The Morgan fingerprint density at radius 1 is 1.21 bits per heavy atom. The number of benzene rings is 1. The van der Waals surface area contributed by atoms with E-state index in [1.165, 1.54) is 37.8 Å². The summed E-state index contributed by atoms with van der Waals surface area (Å²) in [5, 5.41) is 10.4. The Bertz CT molecular complexity index is 813. The summed E-state index contributed by atoms with van der Waals surface area (Å²) in [6.07, 6.45) is 6.76. The molecular formula is C21H29N5O2. The van der Waals surface area contributed by atoms with Crippen molar-refractivity contribution in [3.63, 3.8) is 0 Å². The van der Waals surface area contributed by atoms with Crippen LogP contribution in [0, 0.1) is 0 Å². The number of methoxy groups -OCH3 is 1. The fraction of sp³-hybridized carbons (Fsp3) is 0.524. The monoisotopic (exact) mass is 383 g/mol. The van der Waals surface area contributed by atoms with E-state index in [4.69, 9.17) is 4.74 Å². The average Bonchev–Trinajstić information content (AvgIpc) is 3.15. The minimum Gasteiger partial charge on any atom is -0.497 e. The van der Waals surface area contributed by atoms with Crippen molar-refractivity contribution in [3.8, 4) is 5.75 Å². The van der Waals surface area contributed by atoms with Crippen molar-refractivity contribution in [1.29, 1.82) is 0 Å². The summed E-state index contributed by atoms with van der Waals surface area (Å²) in [5.41, 5.74) is 2.85. The van der Waals surface area contributed by atoms with Crippen molar-refractivity contribution >= 4 is 11.7 Å². The predicted molar refractivity (Wildman–Crippen MR) is 108 cm³/mol. The van der Waals surface area contributed by atoms with Crippen LogP contribution in [0.25, 0.3) is 0 Å². The Balaban J connectivity index is 1.30. The molecular weight excluding hydrogens is 354 g/mol. The molecule has 2 amide bonds. The minimum absolute atomic E-state index is 0.247. The van der Waals surface area contributed by atoms with Crippen LogP contribution in [0.1, 0.15) is 43.5 Å². The number of amides is 2. The molecule has 0 saturated heterocycles. The van der Waals surface area contributed by atoms with Gasteiger partial charge >= 0.3 is 6.03 Å². The number of rotatable bonds is 5. The van der Waals surface area contributed by atoms with Gasteiger partial charge in [-0.1, -0.05) is 25.3 Å². The van der Waals surface area contributed by atoms with Gasteiger partial charge in [0.25, 0.3) is 0 Å². The van der Waals surface area contributed by atoms with Gasteiger partial charge in [-0.2, -0.15) is 5.10 Å². The van der Waals surface area contributed by atoms with E-state index in [0.717, 1.165) is 31.4 Å². The largest absolute Gasteiger partial charge is 0.497 e. The number of fused-ring (bicyclic) bond motifs is 1. The Morgan fingerprint density at radius 2 is 2.07 bits per heavy atom. The number of nitrogens with one attached hydrogen (secondary N) is 2. The maximum absolute atomic E-state index is 12.2. The lowest BCUT2D eigenvalue weighted by Crippen LogP contribution is -2.42. The molecule has 7 heteroatoms. The smallest absolute Gasteiger partial charge is 0.319 e. The van der Waals surface area contributed by atoms with Crippen LogP contribution in [0.5, 0.6) is 5.75 Å². The van der Waals surface area contributed by atoms with Crippen LogP contribution in [0.3, 0.4) is 0 Å². The number of carbonyl (C=O) groups is 1. The first-order valence-corrected chi connectivity index (χ1v) is 10.2. The SMILES string of the molecule is COc1cccc(NC(=O)NCc2cc3n(n2)CCN(C2CCCCC2)C3)c1. The summed E-state index contributed by atoms with van der Waals surface area (Å²) >= 11 is 0. The number of nitrogens with zero attached hydrogens (tertiary/aromatic N) is 3. The van der Waals surface area contributed by atoms with E-state index in [9.17, 15) is 4.79 Å². The molecule has 150 valence electrons. The second-order valence-corrected chi connectivity index (χ2v) is 7.65. The molecule has 0 unspecified atom stereocenters. The van der Waals surface area contributed by atoms with Gasteiger partial charge in [0.2, 0.25) is 0 Å². The summed E-state index contributed by atoms with van der Waals surface area (Å²) in [5.74, 6) is 0.710. The highest BCUT2D eigenvalue weighted by Crippen LogP contribution is 2.26. The van der Waals surface area contributed by atoms with E-state index in [-0.39, 0.29) is 6.03 Å². The van der Waals surface area contributed by atoms with Gasteiger partial charge in [0, 0.05) is 30.9 Å². The Labute approximate surface area is 166 Å². The van der Waals surface area contributed by atoms with Gasteiger partial charge in [-0.05, 0) is 31.0 Å². The maximum Gasteiger partial charge on any atom is 0.319 e. The van der Waals surface area contributed by atoms with Crippen molar-refractivity contribution in [1.82, 2.24) is 20.0 Å². The summed E-state index contributed by atoms with van der Waals surface area (Å²) < 4.78 is 7.27. The van der Waals surface area contributed by atoms with Crippen LogP contribution in [0.2, 0.25) is 0 Å². The molecule has 1 fully saturated rings. The van der Waals surface area contributed by atoms with Gasteiger partial charge in [0.1, 0.15) is 5.75 Å². The van der Waals surface area contributed by atoms with E-state index in [1.54, 1.807) is 13.2 Å². The predicted octanol–water partition coefficient (Wildman–Crippen LogP) is 3.36. The second-order valence-electron chi connectivity index (χ2n) is 7.65. The lowest BCUT2D eigenvalue weighted by atomic mass is 9.94. The summed E-state index contributed by atoms with van der Waals surface area (Å²) in [7, 11) is 1.61. The Kier molecular flexibility index (Phi) is 5.81. The third kappa shape index (κ3) is 4.47. The van der Waals surface area contributed by atoms with Crippen molar-refractivity contribution in [2.24, 2.45) is 0 Å². The normalized spacial score (nSPS) is 17.8. The molecule has 0 radical (unpaired) electrons. The number of carbonyl (C=O) groups excluding carboxylic acids is 1. The van der Waals surface area contributed by atoms with Crippen LogP contribution < -0.4 is 15.4 Å². The van der Waals surface area contributed by atoms with Gasteiger partial charge < -0.3 is 15.4 Å². The standard InChI is InChI=1S/C21H29N5O2/c1-28-20-9-5-6-16(13-20)23-21(27)22-14-17-12-19-15-25(10-11-26(19)24-17)18-7-3-2-4-8-18/h5-6,9,12-13,18H,2-4,7-8,10-11,14-15H2,1H3,(H2,22,23,27). The van der Waals surface area contributed by atoms with E-state index < -0.39 is 0 Å². The van der Waals surface area contributed by atoms with Crippen LogP contribution in [-0.2, 0) is 19.6 Å². The number of urea groups is 1. The molecule has 2 aliphatic rings. The lowest BCUT2D eigenvalue weighted by molar-refractivity contribution is 0.119. The summed E-state index contributed by atoms with van der Waals surface area (Å²) in [6.45, 7) is 3.39. The highest BCUT2D eigenvalue weighted by Gasteiger charge is 2.25. The maximum atomic E-state index is 12.2. The molecule has 1 saturated carbocycles. The quantitative estimate of drug-likeness (QED) is 0.831. The highest BCUT2D eigenvalue weighted by atomic mass is 16.5. The van der Waals surface area contributed by atoms with Crippen molar-refractivity contribution in [3.05, 3.63) is 41.7 Å². The summed E-state index contributed by atoms with van der Waals surface area (Å²) in [6, 6.07) is 9.91. The van der Waals surface area contributed by atoms with Crippen LogP contribution in [0.15, 0.2) is 30.3 Å². The van der Waals surface area contributed by atoms with Gasteiger partial charge in [0.05, 0.1) is 31.6 Å². The van der Waals surface area contributed by atoms with Crippen LogP contribution in [-0.4, -0.2) is 40.4 Å². The molecule has 1 aromatic carbocycles. The third-order valence-corrected chi connectivity index (χ3v) is 5.73. The Morgan fingerprint density at radius 3 is 2.89 bits per heavy atom. The molecule has 1 aromatic heterocycles. The molecule has 28 heavy (non-hydrogen) atoms. The first-order chi connectivity index (χ1) is 13.7. The first-order valence-electron chi connectivity index (χ1n) is 10.2. The molecule has 0 spiro atoms. The number of hydrogen-bond acceptors (Lipinski definition) is 4. The van der Waals surface area contributed by atoms with Gasteiger partial charge in [0.15, 0.2) is 0 Å². The van der Waals surface area contributed by atoms with Crippen LogP contribution >= 0.6 is 0 Å². The average molecular weight is 383 g/mol. The van der Waals surface area contributed by atoms with Crippen molar-refractivity contribution in [2.45, 2.75) is 57.8 Å². The molecule has 1 aliphatic carbocycles. The molecule has 2 aromatic rings. The number of anilines is 1. The first kappa shape index (κ1) is 18.8. The fourth-order valence-electron chi connectivity index (χ4n) is 4.24. The fourth-order valence-corrected chi connectivity index (χ4v) is 4.24. The molecule has 2 heterocycles. The van der Waals surface area contributed by atoms with E-state index in [2.05, 4.69) is 31.4 Å². The molecule has 7 nitrogen and oxygen atoms in total. The zero-order valence-electron chi connectivity index (χ0n) is 16.5. The lowest BCUT2D eigenvalue weighted by Gasteiger charge is -2.36. The number of ether oxygens (including phenoxy) is 1. The minimum atomic E-state index is -0.247. The topological polar surface area (TPSA) is 71.4 Å². The van der Waals surface area contributed by atoms with Gasteiger partial charge in [-0.15, -0.1) is 0 Å². The molecule has 0 bridgehead atoms. The number of aromatic nitrogens is 2. The van der Waals surface area contributed by atoms with E-state index in [0.29, 0.717) is 18.0 Å². The summed E-state index contributed by atoms with van der Waals surface area (Å²) in [4.78, 5) is 14.8. The second kappa shape index (κ2) is 8.65. The van der Waals surface area contributed by atoms with E-state index >= 15 is 0 Å². The van der Waals surface area contributed by atoms with Crippen LogP contribution in [0.4, 0.5) is 10.5 Å². The van der Waals surface area contributed by atoms with Gasteiger partial charge in [-0.3, -0.25) is 9.58 Å². The Hall–Kier alpha value is -2.54. The van der Waals surface area contributed by atoms with E-state index in [1.807, 2.05) is 18.2 Å².